The quantitative estimate of drug-likeness (QED) is 0.664. The maximum atomic E-state index is 11.8. The minimum Gasteiger partial charge on any atom is -0.504 e. The number of hydrogen-bond acceptors (Lipinski definition) is 5. The summed E-state index contributed by atoms with van der Waals surface area (Å²) in [4.78, 5) is 15.7. The number of hydrogen-bond donors (Lipinski definition) is 3. The van der Waals surface area contributed by atoms with Crippen LogP contribution in [0.5, 0.6) is 11.5 Å². The number of ether oxygens (including phenoxy) is 1. The molecule has 0 aliphatic carbocycles. The first-order valence-electron chi connectivity index (χ1n) is 5.08. The molecule has 0 fully saturated rings. The number of phenolic OH excluding ortho intramolecular Hbond substituents is 2. The molecule has 17 heavy (non-hydrogen) atoms. The maximum absolute atomic E-state index is 11.8. The predicted molar refractivity (Wildman–Crippen MR) is 61.2 cm³/mol. The fourth-order valence-corrected chi connectivity index (χ4v) is 1.51. The molecule has 2 rings (SSSR count). The summed E-state index contributed by atoms with van der Waals surface area (Å²) in [5.74, 6) is -1.05. The van der Waals surface area contributed by atoms with Crippen LogP contribution < -0.4 is 5.32 Å². The Bertz CT molecular complexity index is 473. The second-order valence-corrected chi connectivity index (χ2v) is 3.70. The van der Waals surface area contributed by atoms with Crippen LogP contribution >= 0.6 is 0 Å². The van der Waals surface area contributed by atoms with Gasteiger partial charge in [0, 0.05) is 0 Å². The molecule has 0 saturated carbocycles. The average molecular weight is 236 g/mol. The van der Waals surface area contributed by atoms with Gasteiger partial charge >= 0.3 is 0 Å². The summed E-state index contributed by atoms with van der Waals surface area (Å²) >= 11 is 0. The third-order valence-electron chi connectivity index (χ3n) is 2.48. The van der Waals surface area contributed by atoms with Crippen LogP contribution in [0.3, 0.4) is 0 Å². The molecule has 3 N–H and O–H groups in total. The summed E-state index contributed by atoms with van der Waals surface area (Å²) in [6, 6.07) is 3.68. The molecule has 90 valence electrons. The third-order valence-corrected chi connectivity index (χ3v) is 2.48. The minimum atomic E-state index is -0.642. The fraction of sp³-hybridized carbons (Fsp3) is 0.273. The second-order valence-electron chi connectivity index (χ2n) is 3.70. The molecule has 0 radical (unpaired) electrons. The first-order chi connectivity index (χ1) is 8.09. The number of nitrogens with one attached hydrogen (secondary N) is 1. The highest BCUT2D eigenvalue weighted by atomic mass is 16.5. The Balaban J connectivity index is 2.13. The molecule has 1 aromatic rings. The van der Waals surface area contributed by atoms with Crippen LogP contribution in [0.2, 0.25) is 0 Å². The zero-order valence-corrected chi connectivity index (χ0v) is 9.12. The molecule has 1 amide bonds. The number of anilines is 1. The van der Waals surface area contributed by atoms with E-state index in [1.807, 2.05) is 0 Å². The van der Waals surface area contributed by atoms with E-state index in [2.05, 4.69) is 10.3 Å². The van der Waals surface area contributed by atoms with Crippen LogP contribution in [0, 0.1) is 0 Å². The van der Waals surface area contributed by atoms with E-state index in [1.165, 1.54) is 24.6 Å². The van der Waals surface area contributed by atoms with Crippen LogP contribution in [0.1, 0.15) is 6.92 Å². The summed E-state index contributed by atoms with van der Waals surface area (Å²) in [5.41, 5.74) is 0.143. The molecular weight excluding hydrogens is 224 g/mol. The lowest BCUT2D eigenvalue weighted by molar-refractivity contribution is -0.118. The summed E-state index contributed by atoms with van der Waals surface area (Å²) in [6.45, 7) is 1.72. The summed E-state index contributed by atoms with van der Waals surface area (Å²) < 4.78 is 5.01. The lowest BCUT2D eigenvalue weighted by Gasteiger charge is -2.13. The van der Waals surface area contributed by atoms with E-state index < -0.39 is 11.9 Å². The van der Waals surface area contributed by atoms with E-state index in [-0.39, 0.29) is 23.3 Å². The highest BCUT2D eigenvalue weighted by Gasteiger charge is 2.29. The van der Waals surface area contributed by atoms with Crippen molar-refractivity contribution >= 4 is 18.0 Å². The molecule has 2 atom stereocenters. The summed E-state index contributed by atoms with van der Waals surface area (Å²) in [6.07, 6.45) is 0.895. The van der Waals surface area contributed by atoms with Gasteiger partial charge in [-0.1, -0.05) is 6.07 Å². The van der Waals surface area contributed by atoms with E-state index >= 15 is 0 Å². The molecule has 1 aromatic carbocycles. The summed E-state index contributed by atoms with van der Waals surface area (Å²) in [7, 11) is 0. The van der Waals surface area contributed by atoms with Crippen molar-refractivity contribution in [2.45, 2.75) is 19.1 Å². The number of nitrogens with zero attached hydrogens (tertiary/aromatic N) is 1. The van der Waals surface area contributed by atoms with Crippen molar-refractivity contribution in [2.75, 3.05) is 5.32 Å². The molecule has 0 saturated heterocycles. The Labute approximate surface area is 97.6 Å². The van der Waals surface area contributed by atoms with Crippen LogP contribution in [0.25, 0.3) is 0 Å². The zero-order chi connectivity index (χ0) is 12.4. The largest absolute Gasteiger partial charge is 0.504 e. The molecule has 0 aromatic heterocycles. The molecule has 1 aliphatic heterocycles. The molecule has 0 bridgehead atoms. The highest BCUT2D eigenvalue weighted by molar-refractivity contribution is 5.98. The Hall–Kier alpha value is -2.24. The third kappa shape index (κ3) is 2.15. The van der Waals surface area contributed by atoms with E-state index in [9.17, 15) is 15.0 Å². The van der Waals surface area contributed by atoms with Gasteiger partial charge in [0.05, 0.1) is 5.69 Å². The first kappa shape index (κ1) is 11.3. The number of carbonyl (C=O) groups is 1. The van der Waals surface area contributed by atoms with E-state index in [1.54, 1.807) is 6.92 Å². The van der Waals surface area contributed by atoms with Gasteiger partial charge in [0.25, 0.3) is 5.91 Å². The van der Waals surface area contributed by atoms with Gasteiger partial charge in [0.1, 0.15) is 6.10 Å². The summed E-state index contributed by atoms with van der Waals surface area (Å²) in [5, 5.41) is 21.3. The molecule has 6 nitrogen and oxygen atoms in total. The van der Waals surface area contributed by atoms with Gasteiger partial charge < -0.3 is 20.3 Å². The van der Waals surface area contributed by atoms with Gasteiger partial charge in [-0.15, -0.1) is 0 Å². The van der Waals surface area contributed by atoms with Gasteiger partial charge in [-0.05, 0) is 19.1 Å². The Kier molecular flexibility index (Phi) is 2.86. The number of aliphatic imine (C=N–C) groups is 1. The molecule has 0 spiro atoms. The zero-order valence-electron chi connectivity index (χ0n) is 9.12. The number of aromatic hydroxyl groups is 2. The molecule has 6 heteroatoms. The van der Waals surface area contributed by atoms with E-state index in [4.69, 9.17) is 4.74 Å². The number of carbonyl (C=O) groups excluding carboxylic acids is 1. The van der Waals surface area contributed by atoms with Gasteiger partial charge in [0.15, 0.2) is 23.9 Å². The standard InChI is InChI=1S/C11H12N2O4/c1-6-9(12-5-17-6)11(16)13-7-3-2-4-8(14)10(7)15/h2-6,9,14-15H,1H3,(H,13,16). The number of rotatable bonds is 2. The van der Waals surface area contributed by atoms with Crippen molar-refractivity contribution in [3.8, 4) is 11.5 Å². The predicted octanol–water partition coefficient (Wildman–Crippen LogP) is 0.852. The average Bonchev–Trinajstić information content (AvgIpc) is 2.71. The van der Waals surface area contributed by atoms with Crippen LogP contribution in [0.4, 0.5) is 5.69 Å². The van der Waals surface area contributed by atoms with Gasteiger partial charge in [0.2, 0.25) is 0 Å². The van der Waals surface area contributed by atoms with Gasteiger partial charge in [-0.3, -0.25) is 4.79 Å². The van der Waals surface area contributed by atoms with Gasteiger partial charge in [-0.25, -0.2) is 4.99 Å². The lowest BCUT2D eigenvalue weighted by Crippen LogP contribution is -2.32. The topological polar surface area (TPSA) is 91.2 Å². The minimum absolute atomic E-state index is 0.143. The van der Waals surface area contributed by atoms with Crippen LogP contribution in [-0.4, -0.2) is 34.7 Å². The first-order valence-corrected chi connectivity index (χ1v) is 5.08. The van der Waals surface area contributed by atoms with Crippen molar-refractivity contribution < 1.29 is 19.7 Å². The van der Waals surface area contributed by atoms with Crippen molar-refractivity contribution in [1.29, 1.82) is 0 Å². The molecule has 1 aliphatic rings. The highest BCUT2D eigenvalue weighted by Crippen LogP contribution is 2.32. The Morgan fingerprint density at radius 2 is 2.24 bits per heavy atom. The van der Waals surface area contributed by atoms with Crippen LogP contribution in [0.15, 0.2) is 23.2 Å². The molecule has 2 unspecified atom stereocenters. The van der Waals surface area contributed by atoms with Gasteiger partial charge in [-0.2, -0.15) is 0 Å². The lowest BCUT2D eigenvalue weighted by atomic mass is 10.2. The fourth-order valence-electron chi connectivity index (χ4n) is 1.51. The van der Waals surface area contributed by atoms with Crippen molar-refractivity contribution in [3.63, 3.8) is 0 Å². The monoisotopic (exact) mass is 236 g/mol. The second kappa shape index (κ2) is 4.32. The molecule has 1 heterocycles. The number of phenols is 2. The molecular formula is C11H12N2O4. The number of para-hydroxylation sites is 1. The van der Waals surface area contributed by atoms with E-state index in [0.717, 1.165) is 0 Å². The smallest absolute Gasteiger partial charge is 0.253 e. The van der Waals surface area contributed by atoms with Crippen molar-refractivity contribution in [3.05, 3.63) is 18.2 Å². The van der Waals surface area contributed by atoms with Crippen LogP contribution in [-0.2, 0) is 9.53 Å². The van der Waals surface area contributed by atoms with Crippen molar-refractivity contribution in [2.24, 2.45) is 4.99 Å². The van der Waals surface area contributed by atoms with Crippen molar-refractivity contribution in [1.82, 2.24) is 0 Å². The maximum Gasteiger partial charge on any atom is 0.253 e. The van der Waals surface area contributed by atoms with E-state index in [0.29, 0.717) is 0 Å². The SMILES string of the molecule is CC1OC=NC1C(=O)Nc1cccc(O)c1O. The Morgan fingerprint density at radius 3 is 2.88 bits per heavy atom. The number of amides is 1. The Morgan fingerprint density at radius 1 is 1.47 bits per heavy atom. The number of benzene rings is 1. The normalized spacial score (nSPS) is 22.2.